The summed E-state index contributed by atoms with van der Waals surface area (Å²) in [4.78, 5) is 0. The van der Waals surface area contributed by atoms with Crippen molar-refractivity contribution in [3.63, 3.8) is 0 Å². The summed E-state index contributed by atoms with van der Waals surface area (Å²) in [6.07, 6.45) is 6.11. The second-order valence-corrected chi connectivity index (χ2v) is 9.49. The van der Waals surface area contributed by atoms with E-state index in [2.05, 4.69) is 96.8 Å². The highest BCUT2D eigenvalue weighted by Crippen LogP contribution is 2.31. The monoisotopic (exact) mass is 405 g/mol. The second-order valence-electron chi connectivity index (χ2n) is 9.49. The lowest BCUT2D eigenvalue weighted by Gasteiger charge is -2.21. The van der Waals surface area contributed by atoms with Gasteiger partial charge in [-0.05, 0) is 91.7 Å². The van der Waals surface area contributed by atoms with Crippen LogP contribution in [-0.4, -0.2) is 0 Å². The lowest BCUT2D eigenvalue weighted by atomic mass is 9.88. The Morgan fingerprint density at radius 3 is 1.93 bits per heavy atom. The minimum atomic E-state index is 0.504. The van der Waals surface area contributed by atoms with E-state index in [1.807, 2.05) is 0 Å². The quantitative estimate of drug-likeness (QED) is 0.393. The van der Waals surface area contributed by atoms with Crippen molar-refractivity contribution in [1.29, 1.82) is 0 Å². The van der Waals surface area contributed by atoms with Crippen molar-refractivity contribution >= 4 is 5.69 Å². The van der Waals surface area contributed by atoms with Gasteiger partial charge in [0.15, 0.2) is 0 Å². The molecule has 0 aliphatic carbocycles. The normalized spacial score (nSPS) is 14.2. The van der Waals surface area contributed by atoms with Crippen LogP contribution in [0.2, 0.25) is 0 Å². The van der Waals surface area contributed by atoms with Gasteiger partial charge in [0.05, 0.1) is 0 Å². The molecule has 1 heteroatoms. The summed E-state index contributed by atoms with van der Waals surface area (Å²) in [5, 5.41) is 3.62. The van der Waals surface area contributed by atoms with Crippen LogP contribution in [-0.2, 0) is 0 Å². The highest BCUT2D eigenvalue weighted by molar-refractivity contribution is 5.56. The van der Waals surface area contributed by atoms with Crippen LogP contribution in [0.4, 0.5) is 5.69 Å². The Labute approximate surface area is 186 Å². The van der Waals surface area contributed by atoms with Crippen LogP contribution < -0.4 is 5.32 Å². The summed E-state index contributed by atoms with van der Waals surface area (Å²) >= 11 is 0. The van der Waals surface area contributed by atoms with Crippen LogP contribution in [0.15, 0.2) is 48.7 Å². The first-order valence-corrected chi connectivity index (χ1v) is 11.9. The summed E-state index contributed by atoms with van der Waals surface area (Å²) in [6.45, 7) is 20.2. The Hall–Kier alpha value is -2.02. The Kier molecular flexibility index (Phi) is 9.21. The maximum Gasteiger partial charge on any atom is 0.0414 e. The number of nitrogens with one attached hydrogen (secondary N) is 1. The third-order valence-corrected chi connectivity index (χ3v) is 6.84. The number of hydrogen-bond acceptors (Lipinski definition) is 1. The molecule has 0 amide bonds. The summed E-state index contributed by atoms with van der Waals surface area (Å²) < 4.78 is 0. The van der Waals surface area contributed by atoms with Gasteiger partial charge >= 0.3 is 0 Å². The van der Waals surface area contributed by atoms with E-state index in [-0.39, 0.29) is 0 Å². The van der Waals surface area contributed by atoms with E-state index in [0.717, 1.165) is 5.70 Å². The molecule has 2 rings (SSSR count). The van der Waals surface area contributed by atoms with Crippen LogP contribution in [0.1, 0.15) is 99.5 Å². The Morgan fingerprint density at radius 2 is 1.37 bits per heavy atom. The van der Waals surface area contributed by atoms with Gasteiger partial charge in [0.25, 0.3) is 0 Å². The predicted molar refractivity (Wildman–Crippen MR) is 135 cm³/mol. The van der Waals surface area contributed by atoms with E-state index in [0.29, 0.717) is 17.8 Å². The molecule has 0 bridgehead atoms. The molecule has 2 aromatic carbocycles. The number of rotatable bonds is 11. The predicted octanol–water partition coefficient (Wildman–Crippen LogP) is 9.05. The van der Waals surface area contributed by atoms with Crippen LogP contribution in [0.3, 0.4) is 0 Å². The third kappa shape index (κ3) is 6.76. The molecule has 0 aliphatic rings. The van der Waals surface area contributed by atoms with Gasteiger partial charge in [-0.15, -0.1) is 0 Å². The molecular weight excluding hydrogens is 362 g/mol. The van der Waals surface area contributed by atoms with Gasteiger partial charge in [0.2, 0.25) is 0 Å². The van der Waals surface area contributed by atoms with Crippen molar-refractivity contribution < 1.29 is 0 Å². The molecule has 0 aliphatic heterocycles. The Bertz CT molecular complexity index is 832. The average molecular weight is 406 g/mol. The van der Waals surface area contributed by atoms with Gasteiger partial charge in [0, 0.05) is 11.4 Å². The molecule has 0 heterocycles. The van der Waals surface area contributed by atoms with Gasteiger partial charge in [-0.1, -0.05) is 77.4 Å². The molecule has 2 aromatic rings. The molecule has 0 spiro atoms. The van der Waals surface area contributed by atoms with Crippen molar-refractivity contribution in [2.75, 3.05) is 5.32 Å². The van der Waals surface area contributed by atoms with E-state index in [1.165, 1.54) is 65.6 Å². The molecule has 1 N–H and O–H groups in total. The SMILES string of the molecule is C=C(Nc1cc([C@H](C)CCC(C)c2ccc(C)c(C)c2)ccc1C)C(C)CCCC. The van der Waals surface area contributed by atoms with Crippen LogP contribution in [0.5, 0.6) is 0 Å². The summed E-state index contributed by atoms with van der Waals surface area (Å²) in [6, 6.07) is 13.8. The molecule has 0 radical (unpaired) electrons. The lowest BCUT2D eigenvalue weighted by molar-refractivity contribution is 0.572. The van der Waals surface area contributed by atoms with Crippen molar-refractivity contribution in [3.8, 4) is 0 Å². The average Bonchev–Trinajstić information content (AvgIpc) is 2.73. The first-order valence-electron chi connectivity index (χ1n) is 11.9. The molecule has 2 unspecified atom stereocenters. The number of hydrogen-bond donors (Lipinski definition) is 1. The minimum Gasteiger partial charge on any atom is -0.359 e. The summed E-state index contributed by atoms with van der Waals surface area (Å²) in [5.41, 5.74) is 9.31. The number of benzene rings is 2. The molecule has 0 aromatic heterocycles. The van der Waals surface area contributed by atoms with Gasteiger partial charge < -0.3 is 5.32 Å². The van der Waals surface area contributed by atoms with E-state index in [9.17, 15) is 0 Å². The Balaban J connectivity index is 2.00. The molecule has 0 saturated heterocycles. The van der Waals surface area contributed by atoms with Gasteiger partial charge in [0.1, 0.15) is 0 Å². The standard InChI is InChI=1S/C29H43N/c1-9-10-11-21(3)26(8)30-29-19-28(17-15-24(29)6)23(5)13-12-22(4)27-16-14-20(2)25(7)18-27/h14-19,21-23,30H,8-13H2,1-7H3/t21?,22?,23-/m1/s1. The summed E-state index contributed by atoms with van der Waals surface area (Å²) in [5.74, 6) is 1.64. The van der Waals surface area contributed by atoms with E-state index in [1.54, 1.807) is 0 Å². The zero-order chi connectivity index (χ0) is 22.3. The number of allylic oxidation sites excluding steroid dienone is 1. The van der Waals surface area contributed by atoms with Crippen molar-refractivity contribution in [1.82, 2.24) is 0 Å². The summed E-state index contributed by atoms with van der Waals surface area (Å²) in [7, 11) is 0. The minimum absolute atomic E-state index is 0.504. The largest absolute Gasteiger partial charge is 0.359 e. The molecule has 1 nitrogen and oxygen atoms in total. The number of anilines is 1. The van der Waals surface area contributed by atoms with Gasteiger partial charge in [-0.25, -0.2) is 0 Å². The fraction of sp³-hybridized carbons (Fsp3) is 0.517. The third-order valence-electron chi connectivity index (χ3n) is 6.84. The smallest absolute Gasteiger partial charge is 0.0414 e. The van der Waals surface area contributed by atoms with Crippen molar-refractivity contribution in [3.05, 3.63) is 76.5 Å². The first kappa shape index (κ1) is 24.3. The first-order chi connectivity index (χ1) is 14.2. The molecule has 164 valence electrons. The number of unbranched alkanes of at least 4 members (excludes halogenated alkanes) is 1. The highest BCUT2D eigenvalue weighted by Gasteiger charge is 2.13. The number of aryl methyl sites for hydroxylation is 3. The maximum absolute atomic E-state index is 4.31. The van der Waals surface area contributed by atoms with Crippen LogP contribution >= 0.6 is 0 Å². The molecular formula is C29H43N. The fourth-order valence-corrected chi connectivity index (χ4v) is 3.97. The maximum atomic E-state index is 4.31. The zero-order valence-electron chi connectivity index (χ0n) is 20.4. The zero-order valence-corrected chi connectivity index (χ0v) is 20.4. The van der Waals surface area contributed by atoms with Crippen LogP contribution in [0, 0.1) is 26.7 Å². The van der Waals surface area contributed by atoms with Crippen molar-refractivity contribution in [2.24, 2.45) is 5.92 Å². The second kappa shape index (κ2) is 11.4. The van der Waals surface area contributed by atoms with E-state index < -0.39 is 0 Å². The van der Waals surface area contributed by atoms with Crippen molar-refractivity contribution in [2.45, 2.75) is 92.4 Å². The van der Waals surface area contributed by atoms with Crippen LogP contribution in [0.25, 0.3) is 0 Å². The molecule has 30 heavy (non-hydrogen) atoms. The lowest BCUT2D eigenvalue weighted by Crippen LogP contribution is -2.09. The Morgan fingerprint density at radius 1 is 0.800 bits per heavy atom. The molecule has 0 saturated carbocycles. The molecule has 3 atom stereocenters. The highest BCUT2D eigenvalue weighted by atomic mass is 14.9. The molecule has 0 fully saturated rings. The fourth-order valence-electron chi connectivity index (χ4n) is 3.97. The topological polar surface area (TPSA) is 12.0 Å². The van der Waals surface area contributed by atoms with E-state index >= 15 is 0 Å². The van der Waals surface area contributed by atoms with Gasteiger partial charge in [-0.3, -0.25) is 0 Å². The van der Waals surface area contributed by atoms with E-state index in [4.69, 9.17) is 0 Å². The van der Waals surface area contributed by atoms with Gasteiger partial charge in [-0.2, -0.15) is 0 Å².